The van der Waals surface area contributed by atoms with E-state index in [0.29, 0.717) is 0 Å². The van der Waals surface area contributed by atoms with Crippen LogP contribution in [-0.2, 0) is 9.53 Å². The maximum Gasteiger partial charge on any atom is 0.409 e. The number of primary amides is 1. The molecule has 0 bridgehead atoms. The molecule has 0 aromatic heterocycles. The third kappa shape index (κ3) is 3.71. The van der Waals surface area contributed by atoms with Gasteiger partial charge >= 0.3 is 6.09 Å². The first-order chi connectivity index (χ1) is 4.54. The molecule has 58 valence electrons. The summed E-state index contributed by atoms with van der Waals surface area (Å²) in [6, 6.07) is 0. The van der Waals surface area contributed by atoms with Crippen LogP contribution in [0.3, 0.4) is 0 Å². The second-order valence-corrected chi connectivity index (χ2v) is 1.92. The second kappa shape index (κ2) is 3.71. The third-order valence-electron chi connectivity index (χ3n) is 0.703. The fourth-order valence-corrected chi connectivity index (χ4v) is 0.262. The molecular formula is C5H10N2O3. The zero-order chi connectivity index (χ0) is 8.15. The van der Waals surface area contributed by atoms with Gasteiger partial charge in [0.15, 0.2) is 6.61 Å². The van der Waals surface area contributed by atoms with Crippen molar-refractivity contribution in [3.05, 3.63) is 0 Å². The van der Waals surface area contributed by atoms with E-state index in [1.54, 1.807) is 0 Å². The van der Waals surface area contributed by atoms with Gasteiger partial charge in [-0.1, -0.05) is 0 Å². The van der Waals surface area contributed by atoms with E-state index in [-0.39, 0.29) is 6.61 Å². The van der Waals surface area contributed by atoms with Crippen LogP contribution in [0.15, 0.2) is 0 Å². The summed E-state index contributed by atoms with van der Waals surface area (Å²) >= 11 is 0. The zero-order valence-electron chi connectivity index (χ0n) is 5.96. The number of rotatable bonds is 2. The summed E-state index contributed by atoms with van der Waals surface area (Å²) in [4.78, 5) is 21.8. The Morgan fingerprint density at radius 3 is 2.30 bits per heavy atom. The highest BCUT2D eigenvalue weighted by Crippen LogP contribution is 1.83. The summed E-state index contributed by atoms with van der Waals surface area (Å²) < 4.78 is 4.38. The van der Waals surface area contributed by atoms with Crippen molar-refractivity contribution >= 4 is 12.0 Å². The molecule has 0 aromatic carbocycles. The van der Waals surface area contributed by atoms with Crippen LogP contribution in [0.4, 0.5) is 4.79 Å². The first-order valence-electron chi connectivity index (χ1n) is 2.66. The van der Waals surface area contributed by atoms with Crippen LogP contribution in [0.5, 0.6) is 0 Å². The van der Waals surface area contributed by atoms with Crippen molar-refractivity contribution in [3.63, 3.8) is 0 Å². The van der Waals surface area contributed by atoms with Crippen molar-refractivity contribution in [2.75, 3.05) is 20.7 Å². The van der Waals surface area contributed by atoms with E-state index in [4.69, 9.17) is 5.73 Å². The molecule has 0 saturated heterocycles. The van der Waals surface area contributed by atoms with Crippen LogP contribution in [0.1, 0.15) is 0 Å². The molecule has 0 spiro atoms. The van der Waals surface area contributed by atoms with Gasteiger partial charge < -0.3 is 15.4 Å². The molecule has 10 heavy (non-hydrogen) atoms. The molecule has 0 atom stereocenters. The zero-order valence-corrected chi connectivity index (χ0v) is 5.96. The summed E-state index contributed by atoms with van der Waals surface area (Å²) in [7, 11) is 3.03. The minimum atomic E-state index is -0.657. The lowest BCUT2D eigenvalue weighted by atomic mass is 10.7. The van der Waals surface area contributed by atoms with Crippen molar-refractivity contribution in [1.29, 1.82) is 0 Å². The van der Waals surface area contributed by atoms with Crippen molar-refractivity contribution < 1.29 is 14.3 Å². The Morgan fingerprint density at radius 1 is 1.50 bits per heavy atom. The van der Waals surface area contributed by atoms with Crippen LogP contribution in [-0.4, -0.2) is 37.6 Å². The van der Waals surface area contributed by atoms with Crippen LogP contribution < -0.4 is 5.73 Å². The number of hydrogen-bond acceptors (Lipinski definition) is 3. The molecule has 0 radical (unpaired) electrons. The first-order valence-corrected chi connectivity index (χ1v) is 2.66. The van der Waals surface area contributed by atoms with Gasteiger partial charge in [-0.3, -0.25) is 4.79 Å². The van der Waals surface area contributed by atoms with E-state index in [2.05, 4.69) is 4.74 Å². The van der Waals surface area contributed by atoms with Gasteiger partial charge in [0.1, 0.15) is 0 Å². The van der Waals surface area contributed by atoms with Crippen molar-refractivity contribution in [1.82, 2.24) is 4.90 Å². The van der Waals surface area contributed by atoms with Crippen LogP contribution in [0, 0.1) is 0 Å². The SMILES string of the molecule is CN(C)C(=O)OCC(N)=O. The summed E-state index contributed by atoms with van der Waals surface area (Å²) in [5, 5.41) is 0. The number of ether oxygens (including phenoxy) is 1. The summed E-state index contributed by atoms with van der Waals surface area (Å²) in [6.07, 6.45) is -0.571. The number of nitrogens with two attached hydrogens (primary N) is 1. The largest absolute Gasteiger partial charge is 0.439 e. The highest BCUT2D eigenvalue weighted by molar-refractivity contribution is 5.78. The Hall–Kier alpha value is -1.26. The average Bonchev–Trinajstić information content (AvgIpc) is 1.82. The molecule has 0 heterocycles. The molecule has 0 aromatic rings. The molecular weight excluding hydrogens is 136 g/mol. The first kappa shape index (κ1) is 8.74. The molecule has 0 fully saturated rings. The van der Waals surface area contributed by atoms with E-state index < -0.39 is 12.0 Å². The van der Waals surface area contributed by atoms with E-state index in [1.165, 1.54) is 19.0 Å². The molecule has 0 unspecified atom stereocenters. The number of carbonyl (C=O) groups excluding carboxylic acids is 2. The molecule has 2 amide bonds. The van der Waals surface area contributed by atoms with Gasteiger partial charge in [0.05, 0.1) is 0 Å². The van der Waals surface area contributed by atoms with Gasteiger partial charge in [-0.05, 0) is 0 Å². The molecule has 0 saturated carbocycles. The Labute approximate surface area is 58.7 Å². The van der Waals surface area contributed by atoms with E-state index in [9.17, 15) is 9.59 Å². The molecule has 0 aliphatic heterocycles. The smallest absolute Gasteiger partial charge is 0.409 e. The predicted octanol–water partition coefficient (Wildman–Crippen LogP) is -0.830. The molecule has 5 heteroatoms. The van der Waals surface area contributed by atoms with Crippen molar-refractivity contribution in [2.45, 2.75) is 0 Å². The minimum Gasteiger partial charge on any atom is -0.439 e. The van der Waals surface area contributed by atoms with E-state index in [0.717, 1.165) is 0 Å². The summed E-state index contributed by atoms with van der Waals surface area (Å²) in [5.41, 5.74) is 4.71. The molecule has 0 rings (SSSR count). The van der Waals surface area contributed by atoms with Gasteiger partial charge in [-0.2, -0.15) is 0 Å². The minimum absolute atomic E-state index is 0.364. The lowest BCUT2D eigenvalue weighted by Gasteiger charge is -2.08. The van der Waals surface area contributed by atoms with Gasteiger partial charge in [-0.15, -0.1) is 0 Å². The van der Waals surface area contributed by atoms with Gasteiger partial charge in [0, 0.05) is 14.1 Å². The van der Waals surface area contributed by atoms with Gasteiger partial charge in [0.25, 0.3) is 5.91 Å². The number of nitrogens with zero attached hydrogens (tertiary/aromatic N) is 1. The highest BCUT2D eigenvalue weighted by Gasteiger charge is 2.04. The van der Waals surface area contributed by atoms with E-state index in [1.807, 2.05) is 0 Å². The average molecular weight is 146 g/mol. The maximum absolute atomic E-state index is 10.5. The van der Waals surface area contributed by atoms with Crippen molar-refractivity contribution in [3.8, 4) is 0 Å². The van der Waals surface area contributed by atoms with E-state index >= 15 is 0 Å². The Balaban J connectivity index is 3.50. The summed E-state index contributed by atoms with van der Waals surface area (Å²) in [6.45, 7) is -0.364. The Kier molecular flexibility index (Phi) is 3.24. The predicted molar refractivity (Wildman–Crippen MR) is 34.2 cm³/mol. The topological polar surface area (TPSA) is 72.6 Å². The molecule has 2 N–H and O–H groups in total. The quantitative estimate of drug-likeness (QED) is 0.552. The number of amides is 2. The Morgan fingerprint density at radius 2 is 2.00 bits per heavy atom. The van der Waals surface area contributed by atoms with Crippen LogP contribution in [0.2, 0.25) is 0 Å². The second-order valence-electron chi connectivity index (χ2n) is 1.92. The fraction of sp³-hybridized carbons (Fsp3) is 0.600. The normalized spacial score (nSPS) is 8.60. The van der Waals surface area contributed by atoms with Crippen LogP contribution >= 0.6 is 0 Å². The molecule has 0 aliphatic carbocycles. The summed E-state index contributed by atoms with van der Waals surface area (Å²) in [5.74, 6) is -0.657. The number of carbonyl (C=O) groups is 2. The fourth-order valence-electron chi connectivity index (χ4n) is 0.262. The van der Waals surface area contributed by atoms with Gasteiger partial charge in [-0.25, -0.2) is 4.79 Å². The molecule has 0 aliphatic rings. The third-order valence-corrected chi connectivity index (χ3v) is 0.703. The van der Waals surface area contributed by atoms with Crippen molar-refractivity contribution in [2.24, 2.45) is 5.73 Å². The molecule has 5 nitrogen and oxygen atoms in total. The monoisotopic (exact) mass is 146 g/mol. The number of hydrogen-bond donors (Lipinski definition) is 1. The van der Waals surface area contributed by atoms with Crippen LogP contribution in [0.25, 0.3) is 0 Å². The van der Waals surface area contributed by atoms with Gasteiger partial charge in [0.2, 0.25) is 0 Å². The lowest BCUT2D eigenvalue weighted by Crippen LogP contribution is -2.27. The Bertz CT molecular complexity index is 144. The standard InChI is InChI=1S/C5H10N2O3/c1-7(2)5(9)10-3-4(6)8/h3H2,1-2H3,(H2,6,8). The maximum atomic E-state index is 10.5. The lowest BCUT2D eigenvalue weighted by molar-refractivity contribution is -0.121. The highest BCUT2D eigenvalue weighted by atomic mass is 16.6.